The molecule has 1 N–H and O–H groups in total. The van der Waals surface area contributed by atoms with E-state index < -0.39 is 5.97 Å². The van der Waals surface area contributed by atoms with Crippen LogP contribution in [0.4, 0.5) is 4.79 Å². The van der Waals surface area contributed by atoms with Crippen molar-refractivity contribution in [2.24, 2.45) is 5.41 Å². The van der Waals surface area contributed by atoms with Crippen molar-refractivity contribution < 1.29 is 14.7 Å². The standard InChI is InChI=1S/C14H24N2O3/c1-14(2)5-8-15(9-6-14)13(19)16-7-3-4-11(16)10-12(17)18/h11H,3-10H2,1-2H3,(H,17,18)/t11-/m1/s1. The lowest BCUT2D eigenvalue weighted by Crippen LogP contribution is -2.49. The summed E-state index contributed by atoms with van der Waals surface area (Å²) in [5, 5.41) is 8.90. The van der Waals surface area contributed by atoms with Crippen LogP contribution in [0.15, 0.2) is 0 Å². The van der Waals surface area contributed by atoms with Gasteiger partial charge in [-0.3, -0.25) is 4.79 Å². The highest BCUT2D eigenvalue weighted by atomic mass is 16.4. The molecule has 0 unspecified atom stereocenters. The minimum absolute atomic E-state index is 0.0410. The fourth-order valence-electron chi connectivity index (χ4n) is 2.99. The first-order valence-electron chi connectivity index (χ1n) is 7.16. The van der Waals surface area contributed by atoms with E-state index >= 15 is 0 Å². The van der Waals surface area contributed by atoms with Gasteiger partial charge < -0.3 is 14.9 Å². The van der Waals surface area contributed by atoms with Crippen LogP contribution in [0.25, 0.3) is 0 Å². The molecule has 2 fully saturated rings. The number of urea groups is 1. The third-order valence-electron chi connectivity index (χ3n) is 4.42. The summed E-state index contributed by atoms with van der Waals surface area (Å²) in [6.07, 6.45) is 3.86. The molecule has 19 heavy (non-hydrogen) atoms. The molecule has 0 bridgehead atoms. The minimum Gasteiger partial charge on any atom is -0.481 e. The molecule has 0 spiro atoms. The van der Waals surface area contributed by atoms with E-state index in [0.717, 1.165) is 38.8 Å². The summed E-state index contributed by atoms with van der Waals surface area (Å²) < 4.78 is 0. The smallest absolute Gasteiger partial charge is 0.320 e. The number of carboxylic acid groups (broad SMARTS) is 1. The number of nitrogens with zero attached hydrogens (tertiary/aromatic N) is 2. The van der Waals surface area contributed by atoms with E-state index in [-0.39, 0.29) is 18.5 Å². The molecule has 1 atom stereocenters. The number of likely N-dealkylation sites (tertiary alicyclic amines) is 2. The molecule has 2 amide bonds. The second kappa shape index (κ2) is 5.39. The average molecular weight is 268 g/mol. The summed E-state index contributed by atoms with van der Waals surface area (Å²) >= 11 is 0. The van der Waals surface area contributed by atoms with E-state index in [1.807, 2.05) is 4.90 Å². The number of carbonyl (C=O) groups is 2. The molecule has 2 aliphatic rings. The van der Waals surface area contributed by atoms with Crippen LogP contribution in [0.5, 0.6) is 0 Å². The van der Waals surface area contributed by atoms with Gasteiger partial charge in [0.25, 0.3) is 0 Å². The molecular formula is C14H24N2O3. The summed E-state index contributed by atoms with van der Waals surface area (Å²) in [5.41, 5.74) is 0.322. The molecule has 108 valence electrons. The highest BCUT2D eigenvalue weighted by molar-refractivity contribution is 5.76. The quantitative estimate of drug-likeness (QED) is 0.835. The molecular weight excluding hydrogens is 244 g/mol. The highest BCUT2D eigenvalue weighted by Gasteiger charge is 2.35. The van der Waals surface area contributed by atoms with Crippen LogP contribution in [-0.2, 0) is 4.79 Å². The first-order valence-corrected chi connectivity index (χ1v) is 7.16. The molecule has 5 heteroatoms. The van der Waals surface area contributed by atoms with Crippen molar-refractivity contribution in [3.05, 3.63) is 0 Å². The zero-order chi connectivity index (χ0) is 14.0. The Morgan fingerprint density at radius 1 is 1.21 bits per heavy atom. The Labute approximate surface area is 114 Å². The lowest BCUT2D eigenvalue weighted by molar-refractivity contribution is -0.138. The summed E-state index contributed by atoms with van der Waals surface area (Å²) in [4.78, 5) is 27.0. The molecule has 0 aromatic heterocycles. The Hall–Kier alpha value is -1.26. The number of rotatable bonds is 2. The Morgan fingerprint density at radius 3 is 2.42 bits per heavy atom. The Kier molecular flexibility index (Phi) is 4.02. The van der Waals surface area contributed by atoms with Gasteiger partial charge in [0.05, 0.1) is 6.42 Å². The maximum Gasteiger partial charge on any atom is 0.320 e. The van der Waals surface area contributed by atoms with Crippen LogP contribution in [0, 0.1) is 5.41 Å². The third kappa shape index (κ3) is 3.39. The van der Waals surface area contributed by atoms with Crippen LogP contribution in [-0.4, -0.2) is 52.6 Å². The largest absolute Gasteiger partial charge is 0.481 e. The van der Waals surface area contributed by atoms with Gasteiger partial charge in [-0.1, -0.05) is 13.8 Å². The van der Waals surface area contributed by atoms with Gasteiger partial charge in [-0.2, -0.15) is 0 Å². The lowest BCUT2D eigenvalue weighted by Gasteiger charge is -2.39. The monoisotopic (exact) mass is 268 g/mol. The lowest BCUT2D eigenvalue weighted by atomic mass is 9.83. The van der Waals surface area contributed by atoms with E-state index in [1.165, 1.54) is 0 Å². The van der Waals surface area contributed by atoms with E-state index in [9.17, 15) is 9.59 Å². The van der Waals surface area contributed by atoms with E-state index in [1.54, 1.807) is 4.90 Å². The molecule has 0 aromatic carbocycles. The zero-order valence-corrected chi connectivity index (χ0v) is 11.9. The molecule has 5 nitrogen and oxygen atoms in total. The Bertz CT molecular complexity index is 358. The van der Waals surface area contributed by atoms with E-state index in [4.69, 9.17) is 5.11 Å². The molecule has 2 aliphatic heterocycles. The molecule has 2 heterocycles. The molecule has 0 saturated carbocycles. The summed E-state index contributed by atoms with van der Waals surface area (Å²) in [6, 6.07) is -0.0702. The highest BCUT2D eigenvalue weighted by Crippen LogP contribution is 2.31. The molecule has 0 radical (unpaired) electrons. The summed E-state index contributed by atoms with van der Waals surface area (Å²) in [6.45, 7) is 6.76. The van der Waals surface area contributed by atoms with Crippen molar-refractivity contribution in [2.75, 3.05) is 19.6 Å². The Morgan fingerprint density at radius 2 is 1.84 bits per heavy atom. The van der Waals surface area contributed by atoms with Crippen LogP contribution in [0.1, 0.15) is 46.0 Å². The predicted octanol–water partition coefficient (Wildman–Crippen LogP) is 2.17. The number of carboxylic acids is 1. The number of amides is 2. The fourth-order valence-corrected chi connectivity index (χ4v) is 2.99. The Balaban J connectivity index is 1.94. The van der Waals surface area contributed by atoms with Crippen molar-refractivity contribution >= 4 is 12.0 Å². The topological polar surface area (TPSA) is 60.9 Å². The number of hydrogen-bond donors (Lipinski definition) is 1. The van der Waals surface area contributed by atoms with Gasteiger partial charge in [0, 0.05) is 25.7 Å². The predicted molar refractivity (Wildman–Crippen MR) is 72.0 cm³/mol. The average Bonchev–Trinajstić information content (AvgIpc) is 2.75. The van der Waals surface area contributed by atoms with Gasteiger partial charge in [0.15, 0.2) is 0 Å². The van der Waals surface area contributed by atoms with Crippen molar-refractivity contribution in [2.45, 2.75) is 52.0 Å². The van der Waals surface area contributed by atoms with Crippen LogP contribution in [0.2, 0.25) is 0 Å². The number of hydrogen-bond acceptors (Lipinski definition) is 2. The summed E-state index contributed by atoms with van der Waals surface area (Å²) in [7, 11) is 0. The van der Waals surface area contributed by atoms with Crippen molar-refractivity contribution in [3.8, 4) is 0 Å². The van der Waals surface area contributed by atoms with E-state index in [2.05, 4.69) is 13.8 Å². The van der Waals surface area contributed by atoms with Crippen molar-refractivity contribution in [1.82, 2.24) is 9.80 Å². The van der Waals surface area contributed by atoms with E-state index in [0.29, 0.717) is 12.0 Å². The van der Waals surface area contributed by atoms with Crippen molar-refractivity contribution in [3.63, 3.8) is 0 Å². The van der Waals surface area contributed by atoms with Crippen LogP contribution < -0.4 is 0 Å². The zero-order valence-electron chi connectivity index (χ0n) is 11.9. The van der Waals surface area contributed by atoms with Gasteiger partial charge in [0.2, 0.25) is 0 Å². The number of aliphatic carboxylic acids is 1. The fraction of sp³-hybridized carbons (Fsp3) is 0.857. The van der Waals surface area contributed by atoms with Crippen LogP contribution >= 0.6 is 0 Å². The molecule has 0 aromatic rings. The van der Waals surface area contributed by atoms with Gasteiger partial charge in [-0.15, -0.1) is 0 Å². The van der Waals surface area contributed by atoms with Gasteiger partial charge >= 0.3 is 12.0 Å². The second-order valence-electron chi connectivity index (χ2n) is 6.52. The molecule has 2 saturated heterocycles. The van der Waals surface area contributed by atoms with Crippen LogP contribution in [0.3, 0.4) is 0 Å². The van der Waals surface area contributed by atoms with Crippen molar-refractivity contribution in [1.29, 1.82) is 0 Å². The van der Waals surface area contributed by atoms with Gasteiger partial charge in [-0.05, 0) is 31.1 Å². The second-order valence-corrected chi connectivity index (χ2v) is 6.52. The first kappa shape index (κ1) is 14.2. The SMILES string of the molecule is CC1(C)CCN(C(=O)N2CCC[C@@H]2CC(=O)O)CC1. The maximum absolute atomic E-state index is 12.5. The third-order valence-corrected chi connectivity index (χ3v) is 4.42. The van der Waals surface area contributed by atoms with Gasteiger partial charge in [0.1, 0.15) is 0 Å². The van der Waals surface area contributed by atoms with Gasteiger partial charge in [-0.25, -0.2) is 4.79 Å². The minimum atomic E-state index is -0.815. The molecule has 2 rings (SSSR count). The first-order chi connectivity index (χ1) is 8.89. The number of carbonyl (C=O) groups excluding carboxylic acids is 1. The normalized spacial score (nSPS) is 26.5. The maximum atomic E-state index is 12.5. The number of piperidine rings is 1. The summed E-state index contributed by atoms with van der Waals surface area (Å²) in [5.74, 6) is -0.815. The molecule has 0 aliphatic carbocycles.